The summed E-state index contributed by atoms with van der Waals surface area (Å²) < 4.78 is 24.7. The third-order valence-corrected chi connectivity index (χ3v) is 6.77. The second-order valence-corrected chi connectivity index (χ2v) is 9.44. The van der Waals surface area contributed by atoms with E-state index in [-0.39, 0.29) is 24.1 Å². The van der Waals surface area contributed by atoms with Crippen molar-refractivity contribution >= 4 is 11.6 Å². The number of hydrogen-bond acceptors (Lipinski definition) is 7. The van der Waals surface area contributed by atoms with Gasteiger partial charge in [0.2, 0.25) is 5.88 Å². The molecule has 2 aliphatic heterocycles. The Morgan fingerprint density at radius 1 is 1.10 bits per heavy atom. The van der Waals surface area contributed by atoms with E-state index in [0.29, 0.717) is 35.9 Å². The highest BCUT2D eigenvalue weighted by Gasteiger charge is 2.27. The number of fused-ring (bicyclic) bond motifs is 3. The first-order chi connectivity index (χ1) is 19.6. The lowest BCUT2D eigenvalue weighted by atomic mass is 9.97. The molecular formula is C31H27N3O6. The van der Waals surface area contributed by atoms with Crippen LogP contribution in [0.25, 0.3) is 11.3 Å². The molecule has 2 aromatic carbocycles. The molecule has 1 aromatic heterocycles. The number of ether oxygens (including phenoxy) is 4. The summed E-state index contributed by atoms with van der Waals surface area (Å²) in [7, 11) is 0. The maximum absolute atomic E-state index is 13.0. The fraction of sp³-hybridized carbons (Fsp3) is 0.194. The SMILES string of the molecule is O=C(COc1ccc2c(c1)CCn1c-2cc(OC(C2=CC=CCC2)C2=COC=CO2)nc1=O)Nc1ccccc1. The highest BCUT2D eigenvalue weighted by Crippen LogP contribution is 2.34. The number of hydrogen-bond donors (Lipinski definition) is 1. The summed E-state index contributed by atoms with van der Waals surface area (Å²) in [5.41, 5.74) is 3.91. The van der Waals surface area contributed by atoms with Crippen LogP contribution < -0.4 is 20.5 Å². The summed E-state index contributed by atoms with van der Waals surface area (Å²) in [4.78, 5) is 29.5. The van der Waals surface area contributed by atoms with Crippen LogP contribution in [0.15, 0.2) is 108 Å². The first kappa shape index (κ1) is 25.2. The van der Waals surface area contributed by atoms with Gasteiger partial charge in [0, 0.05) is 23.9 Å². The monoisotopic (exact) mass is 537 g/mol. The largest absolute Gasteiger partial charge is 0.484 e. The van der Waals surface area contributed by atoms with Crippen molar-refractivity contribution in [1.82, 2.24) is 9.55 Å². The Morgan fingerprint density at radius 3 is 2.80 bits per heavy atom. The average Bonchev–Trinajstić information content (AvgIpc) is 3.00. The highest BCUT2D eigenvalue weighted by atomic mass is 16.6. The quantitative estimate of drug-likeness (QED) is 0.438. The molecule has 1 amide bonds. The van der Waals surface area contributed by atoms with Gasteiger partial charge in [0.05, 0.1) is 5.69 Å². The van der Waals surface area contributed by atoms with Crippen LogP contribution in [0.4, 0.5) is 5.69 Å². The van der Waals surface area contributed by atoms with Crippen LogP contribution in [0.1, 0.15) is 18.4 Å². The molecule has 202 valence electrons. The van der Waals surface area contributed by atoms with E-state index in [2.05, 4.69) is 16.4 Å². The number of para-hydroxylation sites is 1. The molecule has 0 bridgehead atoms. The van der Waals surface area contributed by atoms with Gasteiger partial charge in [-0.05, 0) is 60.7 Å². The maximum Gasteiger partial charge on any atom is 0.351 e. The van der Waals surface area contributed by atoms with Gasteiger partial charge in [-0.15, -0.1) is 0 Å². The van der Waals surface area contributed by atoms with E-state index in [1.165, 1.54) is 18.8 Å². The van der Waals surface area contributed by atoms with E-state index < -0.39 is 6.10 Å². The number of aromatic nitrogens is 2. The number of nitrogens with one attached hydrogen (secondary N) is 1. The zero-order valence-corrected chi connectivity index (χ0v) is 21.6. The van der Waals surface area contributed by atoms with Gasteiger partial charge >= 0.3 is 5.69 Å². The van der Waals surface area contributed by atoms with Crippen molar-refractivity contribution in [2.45, 2.75) is 31.9 Å². The fourth-order valence-electron chi connectivity index (χ4n) is 4.87. The molecule has 0 fully saturated rings. The minimum atomic E-state index is -0.592. The first-order valence-electron chi connectivity index (χ1n) is 13.1. The number of carbonyl (C=O) groups excluding carboxylic acids is 1. The summed E-state index contributed by atoms with van der Waals surface area (Å²) in [5.74, 6) is 1.00. The van der Waals surface area contributed by atoms with Gasteiger partial charge in [0.25, 0.3) is 5.91 Å². The van der Waals surface area contributed by atoms with Crippen molar-refractivity contribution < 1.29 is 23.7 Å². The Bertz CT molecular complexity index is 1600. The number of allylic oxidation sites excluding steroid dienone is 3. The van der Waals surface area contributed by atoms with Gasteiger partial charge in [-0.25, -0.2) is 4.79 Å². The lowest BCUT2D eigenvalue weighted by Crippen LogP contribution is -2.31. The van der Waals surface area contributed by atoms with Gasteiger partial charge in [-0.3, -0.25) is 9.36 Å². The van der Waals surface area contributed by atoms with Crippen LogP contribution in [0.3, 0.4) is 0 Å². The molecule has 1 unspecified atom stereocenters. The number of aryl methyl sites for hydroxylation is 1. The lowest BCUT2D eigenvalue weighted by Gasteiger charge is -2.26. The molecule has 0 radical (unpaired) electrons. The molecule has 3 aromatic rings. The molecule has 3 aliphatic rings. The topological polar surface area (TPSA) is 101 Å². The van der Waals surface area contributed by atoms with E-state index >= 15 is 0 Å². The van der Waals surface area contributed by atoms with Gasteiger partial charge in [0.15, 0.2) is 18.5 Å². The van der Waals surface area contributed by atoms with Crippen molar-refractivity contribution in [2.24, 2.45) is 0 Å². The predicted molar refractivity (Wildman–Crippen MR) is 148 cm³/mol. The third-order valence-electron chi connectivity index (χ3n) is 6.77. The zero-order valence-electron chi connectivity index (χ0n) is 21.6. The molecule has 0 saturated heterocycles. The van der Waals surface area contributed by atoms with E-state index in [1.54, 1.807) is 16.7 Å². The van der Waals surface area contributed by atoms with E-state index in [1.807, 2.05) is 54.6 Å². The lowest BCUT2D eigenvalue weighted by molar-refractivity contribution is -0.118. The Kier molecular flexibility index (Phi) is 7.17. The number of rotatable bonds is 8. The molecule has 40 heavy (non-hydrogen) atoms. The summed E-state index contributed by atoms with van der Waals surface area (Å²) in [6.07, 6.45) is 12.1. The molecule has 9 heteroatoms. The molecule has 6 rings (SSSR count). The maximum atomic E-state index is 13.0. The molecule has 9 nitrogen and oxygen atoms in total. The van der Waals surface area contributed by atoms with Crippen LogP contribution in [0, 0.1) is 0 Å². The number of anilines is 1. The normalized spacial score (nSPS) is 15.8. The van der Waals surface area contributed by atoms with Gasteiger partial charge < -0.3 is 24.3 Å². The molecule has 0 spiro atoms. The molecule has 1 N–H and O–H groups in total. The molecule has 1 aliphatic carbocycles. The second-order valence-electron chi connectivity index (χ2n) is 9.44. The molecule has 3 heterocycles. The fourth-order valence-corrected chi connectivity index (χ4v) is 4.87. The van der Waals surface area contributed by atoms with E-state index in [9.17, 15) is 9.59 Å². The summed E-state index contributed by atoms with van der Waals surface area (Å²) in [6, 6.07) is 16.6. The van der Waals surface area contributed by atoms with Gasteiger partial charge in [0.1, 0.15) is 24.5 Å². The Hall–Kier alpha value is -5.05. The molecule has 1 atom stereocenters. The van der Waals surface area contributed by atoms with Crippen LogP contribution >= 0.6 is 0 Å². The molecular weight excluding hydrogens is 510 g/mol. The smallest absolute Gasteiger partial charge is 0.351 e. The number of benzene rings is 2. The number of carbonyl (C=O) groups is 1. The predicted octanol–water partition coefficient (Wildman–Crippen LogP) is 4.87. The van der Waals surface area contributed by atoms with Crippen LogP contribution in [-0.2, 0) is 27.2 Å². The number of nitrogens with zero attached hydrogens (tertiary/aromatic N) is 2. The second kappa shape index (κ2) is 11.4. The van der Waals surface area contributed by atoms with Crippen molar-refractivity contribution in [3.63, 3.8) is 0 Å². The van der Waals surface area contributed by atoms with Crippen molar-refractivity contribution in [3.8, 4) is 22.9 Å². The van der Waals surface area contributed by atoms with Crippen LogP contribution in [0.2, 0.25) is 0 Å². The Morgan fingerprint density at radius 2 is 2.00 bits per heavy atom. The van der Waals surface area contributed by atoms with Crippen LogP contribution in [-0.4, -0.2) is 28.2 Å². The summed E-state index contributed by atoms with van der Waals surface area (Å²) >= 11 is 0. The minimum absolute atomic E-state index is 0.116. The van der Waals surface area contributed by atoms with Crippen molar-refractivity contribution in [2.75, 3.05) is 11.9 Å². The Labute approximate surface area is 230 Å². The average molecular weight is 538 g/mol. The molecule has 0 saturated carbocycles. The van der Waals surface area contributed by atoms with E-state index in [0.717, 1.165) is 29.5 Å². The van der Waals surface area contributed by atoms with E-state index in [4.69, 9.17) is 18.9 Å². The summed E-state index contributed by atoms with van der Waals surface area (Å²) in [5, 5.41) is 2.81. The number of amides is 1. The standard InChI is InChI=1S/C31H27N3O6/c35-28(32-23-9-5-2-6-10-23)20-39-24-11-12-25-22(17-24)13-14-34-26(25)18-29(33-31(34)36)40-30(21-7-3-1-4-8-21)27-19-37-15-16-38-27/h1-3,5-7,9-12,15-19,30H,4,8,13-14,20H2,(H,32,35). The van der Waals surface area contributed by atoms with Gasteiger partial charge in [-0.2, -0.15) is 4.98 Å². The minimum Gasteiger partial charge on any atom is -0.484 e. The van der Waals surface area contributed by atoms with Crippen LogP contribution in [0.5, 0.6) is 11.6 Å². The first-order valence-corrected chi connectivity index (χ1v) is 13.1. The Balaban J connectivity index is 1.22. The zero-order chi connectivity index (χ0) is 27.3. The van der Waals surface area contributed by atoms with Gasteiger partial charge in [-0.1, -0.05) is 36.4 Å². The highest BCUT2D eigenvalue weighted by molar-refractivity contribution is 5.91. The van der Waals surface area contributed by atoms with Crippen molar-refractivity contribution in [1.29, 1.82) is 0 Å². The third kappa shape index (κ3) is 5.54. The summed E-state index contributed by atoms with van der Waals surface area (Å²) in [6.45, 7) is 0.355. The van der Waals surface area contributed by atoms with Crippen molar-refractivity contribution in [3.05, 3.63) is 119 Å².